The Balaban J connectivity index is 5.24. The standard InChI is InChI=1S/C9H15F5O3/c1-3-4-5-6(2,15)7(10,11)8(16,17)9(12,13)14/h15-17H,3-5H2,1-2H3. The van der Waals surface area contributed by atoms with E-state index in [0.717, 1.165) is 0 Å². The minimum Gasteiger partial charge on any atom is -0.384 e. The van der Waals surface area contributed by atoms with Crippen LogP contribution < -0.4 is 0 Å². The molecule has 3 nitrogen and oxygen atoms in total. The number of alkyl halides is 5. The van der Waals surface area contributed by atoms with Gasteiger partial charge in [0.05, 0.1) is 0 Å². The highest BCUT2D eigenvalue weighted by Gasteiger charge is 2.74. The largest absolute Gasteiger partial charge is 0.449 e. The average Bonchev–Trinajstić information content (AvgIpc) is 2.12. The van der Waals surface area contributed by atoms with Gasteiger partial charge in [0.1, 0.15) is 5.60 Å². The van der Waals surface area contributed by atoms with E-state index in [1.54, 1.807) is 6.92 Å². The van der Waals surface area contributed by atoms with Gasteiger partial charge >= 0.3 is 17.9 Å². The summed E-state index contributed by atoms with van der Waals surface area (Å²) in [6.45, 7) is 2.03. The minimum atomic E-state index is -5.97. The van der Waals surface area contributed by atoms with Crippen LogP contribution in [-0.4, -0.2) is 38.8 Å². The number of unbranched alkanes of at least 4 members (excludes halogenated alkanes) is 1. The summed E-state index contributed by atoms with van der Waals surface area (Å²) in [5.74, 6) is -10.4. The van der Waals surface area contributed by atoms with Crippen molar-refractivity contribution in [1.82, 2.24) is 0 Å². The Hall–Kier alpha value is -0.470. The molecule has 1 unspecified atom stereocenters. The first kappa shape index (κ1) is 16.5. The maximum Gasteiger partial charge on any atom is 0.449 e. The van der Waals surface area contributed by atoms with Crippen LogP contribution in [0, 0.1) is 0 Å². The lowest BCUT2D eigenvalue weighted by molar-refractivity contribution is -0.440. The molecule has 0 amide bonds. The molecule has 0 spiro atoms. The summed E-state index contributed by atoms with van der Waals surface area (Å²) in [5, 5.41) is 26.4. The molecular formula is C9H15F5O3. The Morgan fingerprint density at radius 2 is 1.35 bits per heavy atom. The lowest BCUT2D eigenvalue weighted by Crippen LogP contribution is -2.67. The van der Waals surface area contributed by atoms with Crippen LogP contribution in [0.5, 0.6) is 0 Å². The van der Waals surface area contributed by atoms with Crippen LogP contribution >= 0.6 is 0 Å². The fourth-order valence-electron chi connectivity index (χ4n) is 1.23. The highest BCUT2D eigenvalue weighted by atomic mass is 19.4. The molecule has 0 radical (unpaired) electrons. The molecule has 8 heteroatoms. The van der Waals surface area contributed by atoms with Gasteiger partial charge in [0.2, 0.25) is 0 Å². The van der Waals surface area contributed by atoms with E-state index in [9.17, 15) is 27.1 Å². The Morgan fingerprint density at radius 3 is 1.65 bits per heavy atom. The van der Waals surface area contributed by atoms with E-state index >= 15 is 0 Å². The molecule has 0 fully saturated rings. The van der Waals surface area contributed by atoms with Crippen molar-refractivity contribution in [2.24, 2.45) is 0 Å². The zero-order chi connectivity index (χ0) is 14.1. The second-order valence-electron chi connectivity index (χ2n) is 4.12. The van der Waals surface area contributed by atoms with Crippen molar-refractivity contribution in [3.8, 4) is 0 Å². The summed E-state index contributed by atoms with van der Waals surface area (Å²) in [6, 6.07) is 0. The summed E-state index contributed by atoms with van der Waals surface area (Å²) >= 11 is 0. The zero-order valence-electron chi connectivity index (χ0n) is 9.35. The first-order valence-corrected chi connectivity index (χ1v) is 4.93. The van der Waals surface area contributed by atoms with Crippen LogP contribution in [0.3, 0.4) is 0 Å². The fraction of sp³-hybridized carbons (Fsp3) is 1.00. The van der Waals surface area contributed by atoms with Crippen LogP contribution in [0.1, 0.15) is 33.1 Å². The predicted molar refractivity (Wildman–Crippen MR) is 48.3 cm³/mol. The quantitative estimate of drug-likeness (QED) is 0.525. The van der Waals surface area contributed by atoms with Gasteiger partial charge in [-0.2, -0.15) is 22.0 Å². The van der Waals surface area contributed by atoms with Crippen molar-refractivity contribution in [2.75, 3.05) is 0 Å². The highest BCUT2D eigenvalue weighted by molar-refractivity contribution is 5.01. The van der Waals surface area contributed by atoms with Gasteiger partial charge in [-0.1, -0.05) is 19.8 Å². The molecule has 17 heavy (non-hydrogen) atoms. The van der Waals surface area contributed by atoms with E-state index in [2.05, 4.69) is 0 Å². The topological polar surface area (TPSA) is 60.7 Å². The molecule has 0 heterocycles. The maximum atomic E-state index is 13.3. The summed E-state index contributed by atoms with van der Waals surface area (Å²) in [4.78, 5) is 0. The van der Waals surface area contributed by atoms with Gasteiger partial charge in [-0.3, -0.25) is 0 Å². The van der Waals surface area contributed by atoms with Crippen LogP contribution in [0.25, 0.3) is 0 Å². The molecule has 0 aliphatic rings. The van der Waals surface area contributed by atoms with E-state index < -0.39 is 29.9 Å². The number of hydrogen-bond acceptors (Lipinski definition) is 3. The van der Waals surface area contributed by atoms with Crippen molar-refractivity contribution < 1.29 is 37.3 Å². The summed E-state index contributed by atoms with van der Waals surface area (Å²) in [6.07, 6.45) is -6.26. The van der Waals surface area contributed by atoms with E-state index in [1.807, 2.05) is 0 Å². The van der Waals surface area contributed by atoms with Gasteiger partial charge in [0.15, 0.2) is 0 Å². The molecule has 0 aromatic carbocycles. The zero-order valence-corrected chi connectivity index (χ0v) is 9.35. The first-order chi connectivity index (χ1) is 7.31. The smallest absolute Gasteiger partial charge is 0.384 e. The highest BCUT2D eigenvalue weighted by Crippen LogP contribution is 2.47. The Labute approximate surface area is 94.9 Å². The first-order valence-electron chi connectivity index (χ1n) is 4.93. The molecule has 0 aromatic rings. The fourth-order valence-corrected chi connectivity index (χ4v) is 1.23. The van der Waals surface area contributed by atoms with Gasteiger partial charge in [0.25, 0.3) is 0 Å². The predicted octanol–water partition coefficient (Wildman–Crippen LogP) is 1.81. The second-order valence-corrected chi connectivity index (χ2v) is 4.12. The monoisotopic (exact) mass is 266 g/mol. The lowest BCUT2D eigenvalue weighted by Gasteiger charge is -2.40. The van der Waals surface area contributed by atoms with Gasteiger partial charge in [-0.05, 0) is 13.3 Å². The number of halogens is 5. The number of rotatable bonds is 5. The van der Waals surface area contributed by atoms with E-state index in [0.29, 0.717) is 13.3 Å². The Morgan fingerprint density at radius 1 is 0.941 bits per heavy atom. The molecule has 1 atom stereocenters. The van der Waals surface area contributed by atoms with Gasteiger partial charge in [-0.15, -0.1) is 0 Å². The van der Waals surface area contributed by atoms with Gasteiger partial charge in [-0.25, -0.2) is 0 Å². The van der Waals surface area contributed by atoms with E-state index in [1.165, 1.54) is 0 Å². The summed E-state index contributed by atoms with van der Waals surface area (Å²) in [5.41, 5.74) is -3.16. The second kappa shape index (κ2) is 4.66. The molecule has 104 valence electrons. The van der Waals surface area contributed by atoms with E-state index in [-0.39, 0.29) is 6.42 Å². The molecule has 0 saturated heterocycles. The molecule has 0 aliphatic carbocycles. The van der Waals surface area contributed by atoms with E-state index in [4.69, 9.17) is 10.2 Å². The maximum absolute atomic E-state index is 13.3. The molecule has 0 rings (SSSR count). The number of hydrogen-bond donors (Lipinski definition) is 3. The molecule has 0 bridgehead atoms. The molecule has 0 aliphatic heterocycles. The van der Waals surface area contributed by atoms with Crippen molar-refractivity contribution in [1.29, 1.82) is 0 Å². The van der Waals surface area contributed by atoms with Crippen molar-refractivity contribution >= 4 is 0 Å². The summed E-state index contributed by atoms with van der Waals surface area (Å²) in [7, 11) is 0. The van der Waals surface area contributed by atoms with Crippen LogP contribution in [0.15, 0.2) is 0 Å². The van der Waals surface area contributed by atoms with Crippen molar-refractivity contribution in [2.45, 2.75) is 56.6 Å². The van der Waals surface area contributed by atoms with Crippen molar-refractivity contribution in [3.05, 3.63) is 0 Å². The van der Waals surface area contributed by atoms with Crippen LogP contribution in [-0.2, 0) is 0 Å². The normalized spacial score (nSPS) is 18.0. The summed E-state index contributed by atoms with van der Waals surface area (Å²) < 4.78 is 62.9. The van der Waals surface area contributed by atoms with Crippen LogP contribution in [0.2, 0.25) is 0 Å². The van der Waals surface area contributed by atoms with Crippen LogP contribution in [0.4, 0.5) is 22.0 Å². The third-order valence-corrected chi connectivity index (χ3v) is 2.53. The molecule has 0 aromatic heterocycles. The lowest BCUT2D eigenvalue weighted by atomic mass is 9.86. The molecular weight excluding hydrogens is 251 g/mol. The molecule has 0 saturated carbocycles. The third kappa shape index (κ3) is 2.86. The van der Waals surface area contributed by atoms with Gasteiger partial charge < -0.3 is 15.3 Å². The third-order valence-electron chi connectivity index (χ3n) is 2.53. The SMILES string of the molecule is CCCCC(C)(O)C(F)(F)C(O)(O)C(F)(F)F. The Bertz CT molecular complexity index is 260. The Kier molecular flexibility index (Phi) is 4.53. The molecule has 3 N–H and O–H groups in total. The van der Waals surface area contributed by atoms with Crippen molar-refractivity contribution in [3.63, 3.8) is 0 Å². The number of aliphatic hydroxyl groups is 3. The minimum absolute atomic E-state index is 0.0243. The van der Waals surface area contributed by atoms with Gasteiger partial charge in [0, 0.05) is 0 Å². The average molecular weight is 266 g/mol.